The second-order valence-electron chi connectivity index (χ2n) is 4.74. The van der Waals surface area contributed by atoms with Crippen LogP contribution in [0.4, 0.5) is 18.9 Å². The first kappa shape index (κ1) is 14.9. The molecule has 0 saturated carbocycles. The molecule has 21 heavy (non-hydrogen) atoms. The summed E-state index contributed by atoms with van der Waals surface area (Å²) in [6.45, 7) is 3.10. The summed E-state index contributed by atoms with van der Waals surface area (Å²) in [6, 6.07) is 7.31. The normalized spacial score (nSPS) is 11.8. The molecule has 0 heterocycles. The van der Waals surface area contributed by atoms with E-state index in [1.165, 1.54) is 19.1 Å². The van der Waals surface area contributed by atoms with E-state index in [9.17, 15) is 13.2 Å². The fourth-order valence-electron chi connectivity index (χ4n) is 2.12. The summed E-state index contributed by atoms with van der Waals surface area (Å²) in [6.07, 6.45) is 0. The molecule has 0 amide bonds. The van der Waals surface area contributed by atoms with Gasteiger partial charge in [0.25, 0.3) is 0 Å². The Morgan fingerprint density at radius 1 is 1.10 bits per heavy atom. The van der Waals surface area contributed by atoms with Crippen molar-refractivity contribution in [3.8, 4) is 6.07 Å². The van der Waals surface area contributed by atoms with Crippen molar-refractivity contribution in [2.45, 2.75) is 19.9 Å². The molecule has 0 saturated heterocycles. The van der Waals surface area contributed by atoms with Gasteiger partial charge in [-0.05, 0) is 38.1 Å². The van der Waals surface area contributed by atoms with Gasteiger partial charge in [-0.15, -0.1) is 0 Å². The molecule has 108 valence electrons. The van der Waals surface area contributed by atoms with Crippen LogP contribution in [0.25, 0.3) is 0 Å². The molecule has 0 aliphatic rings. The number of hydrogen-bond donors (Lipinski definition) is 1. The summed E-state index contributed by atoms with van der Waals surface area (Å²) in [5, 5.41) is 11.7. The van der Waals surface area contributed by atoms with Gasteiger partial charge in [-0.1, -0.05) is 6.07 Å². The molecule has 0 bridgehead atoms. The molecule has 2 aromatic rings. The van der Waals surface area contributed by atoms with Gasteiger partial charge >= 0.3 is 0 Å². The Morgan fingerprint density at radius 2 is 1.71 bits per heavy atom. The number of hydrogen-bond acceptors (Lipinski definition) is 2. The van der Waals surface area contributed by atoms with Gasteiger partial charge in [0.05, 0.1) is 17.7 Å². The first-order valence-corrected chi connectivity index (χ1v) is 6.34. The Labute approximate surface area is 120 Å². The van der Waals surface area contributed by atoms with Gasteiger partial charge in [0, 0.05) is 16.8 Å². The fourth-order valence-corrected chi connectivity index (χ4v) is 2.12. The molecular weight excluding hydrogens is 277 g/mol. The fraction of sp³-hybridized carbons (Fsp3) is 0.188. The monoisotopic (exact) mass is 290 g/mol. The van der Waals surface area contributed by atoms with Crippen LogP contribution in [0.15, 0.2) is 30.3 Å². The Balaban J connectivity index is 2.39. The molecule has 5 heteroatoms. The summed E-state index contributed by atoms with van der Waals surface area (Å²) in [5.41, 5.74) is 0.640. The van der Waals surface area contributed by atoms with E-state index in [1.807, 2.05) is 6.07 Å². The zero-order chi connectivity index (χ0) is 15.6. The lowest BCUT2D eigenvalue weighted by atomic mass is 10.0. The van der Waals surface area contributed by atoms with Gasteiger partial charge in [-0.3, -0.25) is 0 Å². The minimum atomic E-state index is -0.710. The highest BCUT2D eigenvalue weighted by atomic mass is 19.1. The van der Waals surface area contributed by atoms with E-state index in [4.69, 9.17) is 5.26 Å². The molecule has 0 spiro atoms. The van der Waals surface area contributed by atoms with Crippen LogP contribution in [0.1, 0.15) is 29.7 Å². The van der Waals surface area contributed by atoms with Gasteiger partial charge in [-0.2, -0.15) is 5.26 Å². The molecular formula is C16H13F3N2. The highest BCUT2D eigenvalue weighted by Gasteiger charge is 2.17. The Morgan fingerprint density at radius 3 is 2.29 bits per heavy atom. The van der Waals surface area contributed by atoms with E-state index < -0.39 is 23.5 Å². The number of nitrogens with one attached hydrogen (secondary N) is 1. The number of anilines is 1. The summed E-state index contributed by atoms with van der Waals surface area (Å²) < 4.78 is 41.1. The van der Waals surface area contributed by atoms with Crippen LogP contribution in [0, 0.1) is 35.7 Å². The number of rotatable bonds is 3. The zero-order valence-corrected chi connectivity index (χ0v) is 11.5. The number of nitrogens with zero attached hydrogens (tertiary/aromatic N) is 1. The predicted octanol–water partition coefficient (Wildman–Crippen LogP) is 4.46. The van der Waals surface area contributed by atoms with Crippen molar-refractivity contribution in [1.29, 1.82) is 5.26 Å². The average molecular weight is 290 g/mol. The molecule has 2 aromatic carbocycles. The lowest BCUT2D eigenvalue weighted by molar-refractivity contribution is 0.544. The highest BCUT2D eigenvalue weighted by molar-refractivity contribution is 5.57. The summed E-state index contributed by atoms with van der Waals surface area (Å²) in [4.78, 5) is 0. The molecule has 0 aromatic heterocycles. The molecule has 0 fully saturated rings. The van der Waals surface area contributed by atoms with Crippen molar-refractivity contribution < 1.29 is 13.2 Å². The minimum Gasteiger partial charge on any atom is -0.378 e. The lowest BCUT2D eigenvalue weighted by Gasteiger charge is -2.19. The Bertz CT molecular complexity index is 700. The van der Waals surface area contributed by atoms with E-state index in [0.717, 1.165) is 18.2 Å². The third-order valence-corrected chi connectivity index (χ3v) is 3.28. The van der Waals surface area contributed by atoms with E-state index in [0.29, 0.717) is 5.69 Å². The Hall–Kier alpha value is -2.48. The average Bonchev–Trinajstić information content (AvgIpc) is 2.43. The molecule has 2 nitrogen and oxygen atoms in total. The quantitative estimate of drug-likeness (QED) is 0.906. The standard InChI is InChI=1S/C16H13F3N2/c1-9-14(19)6-11(8-20)7-15(9)21-10(2)16-12(17)4-3-5-13(16)18/h3-7,10,21H,1-2H3. The molecule has 1 N–H and O–H groups in total. The third kappa shape index (κ3) is 3.00. The maximum Gasteiger partial charge on any atom is 0.131 e. The minimum absolute atomic E-state index is 0.125. The topological polar surface area (TPSA) is 35.8 Å². The summed E-state index contributed by atoms with van der Waals surface area (Å²) in [7, 11) is 0. The molecule has 2 rings (SSSR count). The second kappa shape index (κ2) is 5.88. The molecule has 1 unspecified atom stereocenters. The summed E-state index contributed by atoms with van der Waals surface area (Å²) in [5.74, 6) is -1.90. The van der Waals surface area contributed by atoms with Crippen LogP contribution < -0.4 is 5.32 Å². The predicted molar refractivity (Wildman–Crippen MR) is 74.2 cm³/mol. The van der Waals surface area contributed by atoms with Crippen molar-refractivity contribution in [1.82, 2.24) is 0 Å². The SMILES string of the molecule is Cc1c(F)cc(C#N)cc1NC(C)c1c(F)cccc1F. The van der Waals surface area contributed by atoms with Crippen molar-refractivity contribution in [3.63, 3.8) is 0 Å². The third-order valence-electron chi connectivity index (χ3n) is 3.28. The highest BCUT2D eigenvalue weighted by Crippen LogP contribution is 2.27. The maximum atomic E-state index is 13.7. The number of nitriles is 1. The van der Waals surface area contributed by atoms with E-state index >= 15 is 0 Å². The van der Waals surface area contributed by atoms with Crippen LogP contribution in [0.5, 0.6) is 0 Å². The van der Waals surface area contributed by atoms with Crippen LogP contribution in [-0.2, 0) is 0 Å². The summed E-state index contributed by atoms with van der Waals surface area (Å²) >= 11 is 0. The first-order valence-electron chi connectivity index (χ1n) is 6.34. The number of halogens is 3. The van der Waals surface area contributed by atoms with Crippen molar-refractivity contribution in [2.24, 2.45) is 0 Å². The smallest absolute Gasteiger partial charge is 0.131 e. The largest absolute Gasteiger partial charge is 0.378 e. The van der Waals surface area contributed by atoms with Crippen molar-refractivity contribution >= 4 is 5.69 Å². The Kier molecular flexibility index (Phi) is 4.18. The molecule has 1 atom stereocenters. The van der Waals surface area contributed by atoms with Gasteiger partial charge in [0.15, 0.2) is 0 Å². The zero-order valence-electron chi connectivity index (χ0n) is 11.5. The van der Waals surface area contributed by atoms with E-state index in [1.54, 1.807) is 6.92 Å². The van der Waals surface area contributed by atoms with Crippen molar-refractivity contribution in [2.75, 3.05) is 5.32 Å². The van der Waals surface area contributed by atoms with E-state index in [2.05, 4.69) is 5.32 Å². The van der Waals surface area contributed by atoms with Crippen LogP contribution in [0.3, 0.4) is 0 Å². The van der Waals surface area contributed by atoms with Gasteiger partial charge in [-0.25, -0.2) is 13.2 Å². The van der Waals surface area contributed by atoms with Crippen LogP contribution in [0.2, 0.25) is 0 Å². The van der Waals surface area contributed by atoms with Gasteiger partial charge < -0.3 is 5.32 Å². The second-order valence-corrected chi connectivity index (χ2v) is 4.74. The van der Waals surface area contributed by atoms with Crippen molar-refractivity contribution in [3.05, 3.63) is 64.5 Å². The number of benzene rings is 2. The molecule has 0 radical (unpaired) electrons. The van der Waals surface area contributed by atoms with Crippen LogP contribution in [-0.4, -0.2) is 0 Å². The maximum absolute atomic E-state index is 13.7. The lowest BCUT2D eigenvalue weighted by Crippen LogP contribution is -2.12. The first-order chi connectivity index (χ1) is 9.93. The molecule has 0 aliphatic carbocycles. The van der Waals surface area contributed by atoms with Gasteiger partial charge in [0.1, 0.15) is 17.5 Å². The van der Waals surface area contributed by atoms with E-state index in [-0.39, 0.29) is 16.7 Å². The van der Waals surface area contributed by atoms with Gasteiger partial charge in [0.2, 0.25) is 0 Å². The van der Waals surface area contributed by atoms with Crippen LogP contribution >= 0.6 is 0 Å². The molecule has 0 aliphatic heterocycles.